The lowest BCUT2D eigenvalue weighted by atomic mass is 10.0. The highest BCUT2D eigenvalue weighted by molar-refractivity contribution is 7.91. The molecule has 2 aliphatic rings. The van der Waals surface area contributed by atoms with Crippen molar-refractivity contribution in [1.82, 2.24) is 10.2 Å². The van der Waals surface area contributed by atoms with Crippen LogP contribution in [0.3, 0.4) is 0 Å². The first kappa shape index (κ1) is 13.3. The summed E-state index contributed by atoms with van der Waals surface area (Å²) in [7, 11) is -2.83. The van der Waals surface area contributed by atoms with Gasteiger partial charge in [0, 0.05) is 12.1 Å². The minimum absolute atomic E-state index is 0.151. The van der Waals surface area contributed by atoms with Gasteiger partial charge < -0.3 is 5.32 Å². The fraction of sp³-hybridized carbons (Fsp3) is 1.00. The third-order valence-corrected chi connectivity index (χ3v) is 5.56. The first-order valence-electron chi connectivity index (χ1n) is 6.80. The van der Waals surface area contributed by atoms with Crippen molar-refractivity contribution in [3.8, 4) is 0 Å². The van der Waals surface area contributed by atoms with Crippen molar-refractivity contribution >= 4 is 9.84 Å². The summed E-state index contributed by atoms with van der Waals surface area (Å²) in [5.41, 5.74) is 0. The summed E-state index contributed by atoms with van der Waals surface area (Å²) in [6, 6.07) is 0.366. The van der Waals surface area contributed by atoms with Gasteiger partial charge in [0.2, 0.25) is 0 Å². The zero-order valence-corrected chi connectivity index (χ0v) is 11.5. The van der Waals surface area contributed by atoms with Crippen LogP contribution >= 0.6 is 0 Å². The first-order valence-corrected chi connectivity index (χ1v) is 8.62. The van der Waals surface area contributed by atoms with E-state index in [9.17, 15) is 8.42 Å². The van der Waals surface area contributed by atoms with Gasteiger partial charge in [-0.1, -0.05) is 13.3 Å². The molecule has 17 heavy (non-hydrogen) atoms. The summed E-state index contributed by atoms with van der Waals surface area (Å²) in [4.78, 5) is 2.39. The molecule has 0 aliphatic carbocycles. The van der Waals surface area contributed by atoms with Crippen LogP contribution in [0.5, 0.6) is 0 Å². The third kappa shape index (κ3) is 3.42. The van der Waals surface area contributed by atoms with Gasteiger partial charge in [-0.15, -0.1) is 0 Å². The van der Waals surface area contributed by atoms with Gasteiger partial charge in [-0.25, -0.2) is 8.42 Å². The first-order chi connectivity index (χ1) is 8.12. The smallest absolute Gasteiger partial charge is 0.153 e. The maximum absolute atomic E-state index is 11.8. The fourth-order valence-electron chi connectivity index (χ4n) is 2.96. The molecule has 2 saturated heterocycles. The zero-order chi connectivity index (χ0) is 12.3. The molecule has 0 aromatic rings. The fourth-order valence-corrected chi connectivity index (χ4v) is 4.95. The van der Waals surface area contributed by atoms with Crippen molar-refractivity contribution < 1.29 is 8.42 Å². The van der Waals surface area contributed by atoms with E-state index in [0.29, 0.717) is 11.5 Å². The van der Waals surface area contributed by atoms with Crippen LogP contribution in [-0.4, -0.2) is 56.5 Å². The van der Waals surface area contributed by atoms with E-state index in [2.05, 4.69) is 17.1 Å². The maximum atomic E-state index is 11.8. The molecule has 2 unspecified atom stereocenters. The van der Waals surface area contributed by atoms with E-state index in [0.717, 1.165) is 26.1 Å². The summed E-state index contributed by atoms with van der Waals surface area (Å²) in [5.74, 6) is 0.683. The van der Waals surface area contributed by atoms with Gasteiger partial charge >= 0.3 is 0 Å². The van der Waals surface area contributed by atoms with E-state index in [1.54, 1.807) is 0 Å². The van der Waals surface area contributed by atoms with E-state index in [-0.39, 0.29) is 12.1 Å². The third-order valence-electron chi connectivity index (χ3n) is 3.84. The predicted octanol–water partition coefficient (Wildman–Crippen LogP) is 0.638. The second-order valence-corrected chi connectivity index (χ2v) is 7.46. The Bertz CT molecular complexity index is 336. The zero-order valence-electron chi connectivity index (χ0n) is 10.7. The molecule has 2 atom stereocenters. The number of hydrogen-bond donors (Lipinski definition) is 1. The molecule has 0 amide bonds. The summed E-state index contributed by atoms with van der Waals surface area (Å²) in [6.07, 6.45) is 4.79. The topological polar surface area (TPSA) is 49.4 Å². The number of sulfone groups is 1. The largest absolute Gasteiger partial charge is 0.311 e. The SMILES string of the molecule is CCCNC1CS(=O)(=O)CC1N1CCCCC1. The molecule has 0 aromatic carbocycles. The standard InChI is InChI=1S/C12H24N2O2S/c1-2-6-13-11-9-17(15,16)10-12(11)14-7-4-3-5-8-14/h11-13H,2-10H2,1H3. The second kappa shape index (κ2) is 5.67. The van der Waals surface area contributed by atoms with Gasteiger partial charge in [0.1, 0.15) is 0 Å². The molecule has 1 N–H and O–H groups in total. The molecular formula is C12H24N2O2S. The molecule has 0 bridgehead atoms. The quantitative estimate of drug-likeness (QED) is 0.806. The van der Waals surface area contributed by atoms with Crippen molar-refractivity contribution in [1.29, 1.82) is 0 Å². The Labute approximate surface area is 105 Å². The van der Waals surface area contributed by atoms with Crippen LogP contribution in [0.1, 0.15) is 32.6 Å². The molecule has 2 heterocycles. The maximum Gasteiger partial charge on any atom is 0.153 e. The average molecular weight is 260 g/mol. The predicted molar refractivity (Wildman–Crippen MR) is 69.9 cm³/mol. The van der Waals surface area contributed by atoms with Crippen LogP contribution < -0.4 is 5.32 Å². The summed E-state index contributed by atoms with van der Waals surface area (Å²) in [5, 5.41) is 3.41. The van der Waals surface area contributed by atoms with Crippen LogP contribution in [0.2, 0.25) is 0 Å². The van der Waals surface area contributed by atoms with Gasteiger partial charge in [0.05, 0.1) is 11.5 Å². The lowest BCUT2D eigenvalue weighted by Gasteiger charge is -2.35. The minimum atomic E-state index is -2.83. The van der Waals surface area contributed by atoms with Crippen molar-refractivity contribution in [3.63, 3.8) is 0 Å². The number of nitrogens with zero attached hydrogens (tertiary/aromatic N) is 1. The van der Waals surface area contributed by atoms with E-state index >= 15 is 0 Å². The molecule has 4 nitrogen and oxygen atoms in total. The molecule has 0 spiro atoms. The normalized spacial score (nSPS) is 33.9. The van der Waals surface area contributed by atoms with Crippen LogP contribution in [0.4, 0.5) is 0 Å². The van der Waals surface area contributed by atoms with Crippen LogP contribution in [-0.2, 0) is 9.84 Å². The van der Waals surface area contributed by atoms with Gasteiger partial charge in [-0.2, -0.15) is 0 Å². The Morgan fingerprint density at radius 2 is 1.88 bits per heavy atom. The summed E-state index contributed by atoms with van der Waals surface area (Å²) in [6.45, 7) is 5.19. The highest BCUT2D eigenvalue weighted by atomic mass is 32.2. The van der Waals surface area contributed by atoms with Gasteiger partial charge in [0.15, 0.2) is 9.84 Å². The average Bonchev–Trinajstić information content (AvgIpc) is 2.63. The van der Waals surface area contributed by atoms with Crippen LogP contribution in [0.25, 0.3) is 0 Å². The Morgan fingerprint density at radius 3 is 2.53 bits per heavy atom. The molecule has 100 valence electrons. The van der Waals surface area contributed by atoms with Crippen molar-refractivity contribution in [3.05, 3.63) is 0 Å². The van der Waals surface area contributed by atoms with Crippen LogP contribution in [0, 0.1) is 0 Å². The molecule has 0 radical (unpaired) electrons. The number of nitrogens with one attached hydrogen (secondary N) is 1. The van der Waals surface area contributed by atoms with Gasteiger partial charge in [-0.05, 0) is 38.9 Å². The number of likely N-dealkylation sites (tertiary alicyclic amines) is 1. The number of rotatable bonds is 4. The Kier molecular flexibility index (Phi) is 4.44. The summed E-state index contributed by atoms with van der Waals surface area (Å²) < 4.78 is 23.6. The molecule has 0 aromatic heterocycles. The number of hydrogen-bond acceptors (Lipinski definition) is 4. The second-order valence-electron chi connectivity index (χ2n) is 5.30. The highest BCUT2D eigenvalue weighted by Crippen LogP contribution is 2.22. The molecule has 2 rings (SSSR count). The Hall–Kier alpha value is -0.130. The van der Waals surface area contributed by atoms with Gasteiger partial charge in [-0.3, -0.25) is 4.90 Å². The minimum Gasteiger partial charge on any atom is -0.311 e. The lowest BCUT2D eigenvalue weighted by molar-refractivity contribution is 0.155. The molecule has 0 saturated carbocycles. The number of piperidine rings is 1. The monoisotopic (exact) mass is 260 g/mol. The Morgan fingerprint density at radius 1 is 1.18 bits per heavy atom. The van der Waals surface area contributed by atoms with Gasteiger partial charge in [0.25, 0.3) is 0 Å². The van der Waals surface area contributed by atoms with E-state index in [1.807, 2.05) is 0 Å². The van der Waals surface area contributed by atoms with E-state index < -0.39 is 9.84 Å². The van der Waals surface area contributed by atoms with E-state index in [1.165, 1.54) is 19.3 Å². The molecular weight excluding hydrogens is 236 g/mol. The van der Waals surface area contributed by atoms with Crippen molar-refractivity contribution in [2.75, 3.05) is 31.1 Å². The lowest BCUT2D eigenvalue weighted by Crippen LogP contribution is -2.51. The van der Waals surface area contributed by atoms with Crippen LogP contribution in [0.15, 0.2) is 0 Å². The molecule has 2 aliphatic heterocycles. The summed E-state index contributed by atoms with van der Waals surface area (Å²) >= 11 is 0. The van der Waals surface area contributed by atoms with Crippen molar-refractivity contribution in [2.45, 2.75) is 44.7 Å². The Balaban J connectivity index is 2.01. The van der Waals surface area contributed by atoms with E-state index in [4.69, 9.17) is 0 Å². The van der Waals surface area contributed by atoms with Crippen molar-refractivity contribution in [2.24, 2.45) is 0 Å². The molecule has 5 heteroatoms. The highest BCUT2D eigenvalue weighted by Gasteiger charge is 2.40. The molecule has 2 fully saturated rings.